The van der Waals surface area contributed by atoms with Crippen molar-refractivity contribution < 1.29 is 0 Å². The number of hydrogen-bond acceptors (Lipinski definition) is 2. The fourth-order valence-electron chi connectivity index (χ4n) is 2.86. The molecule has 0 amide bonds. The molecular formula is C16H24N2. The molecule has 2 heteroatoms. The lowest BCUT2D eigenvalue weighted by Gasteiger charge is -2.17. The van der Waals surface area contributed by atoms with Crippen LogP contribution in [0.4, 0.5) is 5.69 Å². The summed E-state index contributed by atoms with van der Waals surface area (Å²) in [4.78, 5) is 2.49. The van der Waals surface area contributed by atoms with E-state index in [0.29, 0.717) is 5.41 Å². The molecule has 0 radical (unpaired) electrons. The summed E-state index contributed by atoms with van der Waals surface area (Å²) in [6.45, 7) is 8.14. The zero-order valence-corrected chi connectivity index (χ0v) is 11.6. The van der Waals surface area contributed by atoms with Crippen LogP contribution in [0.25, 0.3) is 0 Å². The van der Waals surface area contributed by atoms with Crippen LogP contribution in [0.15, 0.2) is 24.3 Å². The van der Waals surface area contributed by atoms with Crippen molar-refractivity contribution in [3.63, 3.8) is 0 Å². The van der Waals surface area contributed by atoms with Crippen molar-refractivity contribution in [1.82, 2.24) is 5.32 Å². The fourth-order valence-corrected chi connectivity index (χ4v) is 2.86. The van der Waals surface area contributed by atoms with Gasteiger partial charge in [0.05, 0.1) is 0 Å². The molecular weight excluding hydrogens is 220 g/mol. The lowest BCUT2D eigenvalue weighted by molar-refractivity contribution is 0.542. The number of rotatable bonds is 4. The van der Waals surface area contributed by atoms with Crippen LogP contribution in [0, 0.1) is 5.41 Å². The van der Waals surface area contributed by atoms with Crippen LogP contribution in [-0.2, 0) is 6.54 Å². The Balaban J connectivity index is 1.54. The van der Waals surface area contributed by atoms with Gasteiger partial charge in [-0.3, -0.25) is 0 Å². The van der Waals surface area contributed by atoms with Crippen molar-refractivity contribution in [3.05, 3.63) is 29.8 Å². The SMILES string of the molecule is CC1(C)CC1NCc1ccc(N2CCCC2)cc1. The molecule has 2 fully saturated rings. The third-order valence-corrected chi connectivity index (χ3v) is 4.47. The first-order chi connectivity index (χ1) is 8.65. The van der Waals surface area contributed by atoms with Gasteiger partial charge in [0.1, 0.15) is 0 Å². The summed E-state index contributed by atoms with van der Waals surface area (Å²) in [5, 5.41) is 3.64. The summed E-state index contributed by atoms with van der Waals surface area (Å²) in [6.07, 6.45) is 4.01. The number of nitrogens with zero attached hydrogens (tertiary/aromatic N) is 1. The number of hydrogen-bond donors (Lipinski definition) is 1. The highest BCUT2D eigenvalue weighted by molar-refractivity contribution is 5.48. The molecule has 1 N–H and O–H groups in total. The van der Waals surface area contributed by atoms with Gasteiger partial charge in [0, 0.05) is 31.4 Å². The van der Waals surface area contributed by atoms with Gasteiger partial charge in [0.15, 0.2) is 0 Å². The maximum atomic E-state index is 3.64. The van der Waals surface area contributed by atoms with Crippen molar-refractivity contribution in [2.75, 3.05) is 18.0 Å². The number of nitrogens with one attached hydrogen (secondary N) is 1. The lowest BCUT2D eigenvalue weighted by atomic mass is 10.1. The van der Waals surface area contributed by atoms with Crippen LogP contribution < -0.4 is 10.2 Å². The Bertz CT molecular complexity index is 402. The van der Waals surface area contributed by atoms with Crippen LogP contribution >= 0.6 is 0 Å². The van der Waals surface area contributed by atoms with E-state index in [4.69, 9.17) is 0 Å². The fraction of sp³-hybridized carbons (Fsp3) is 0.625. The minimum absolute atomic E-state index is 0.523. The molecule has 0 bridgehead atoms. The monoisotopic (exact) mass is 244 g/mol. The summed E-state index contributed by atoms with van der Waals surface area (Å²) in [6, 6.07) is 9.82. The molecule has 1 aliphatic carbocycles. The summed E-state index contributed by atoms with van der Waals surface area (Å²) in [7, 11) is 0. The number of anilines is 1. The first kappa shape index (κ1) is 12.0. The van der Waals surface area contributed by atoms with E-state index in [1.165, 1.54) is 43.6 Å². The topological polar surface area (TPSA) is 15.3 Å². The molecule has 0 spiro atoms. The van der Waals surface area contributed by atoms with E-state index in [0.717, 1.165) is 12.6 Å². The van der Waals surface area contributed by atoms with Crippen molar-refractivity contribution in [2.24, 2.45) is 5.41 Å². The second-order valence-electron chi connectivity index (χ2n) is 6.49. The van der Waals surface area contributed by atoms with Gasteiger partial charge in [-0.2, -0.15) is 0 Å². The first-order valence-electron chi connectivity index (χ1n) is 7.22. The predicted molar refractivity (Wildman–Crippen MR) is 76.9 cm³/mol. The van der Waals surface area contributed by atoms with Crippen molar-refractivity contribution in [1.29, 1.82) is 0 Å². The van der Waals surface area contributed by atoms with Crippen LogP contribution in [0.2, 0.25) is 0 Å². The van der Waals surface area contributed by atoms with E-state index in [-0.39, 0.29) is 0 Å². The van der Waals surface area contributed by atoms with Crippen molar-refractivity contribution >= 4 is 5.69 Å². The van der Waals surface area contributed by atoms with Crippen molar-refractivity contribution in [2.45, 2.75) is 45.7 Å². The van der Waals surface area contributed by atoms with E-state index in [9.17, 15) is 0 Å². The average Bonchev–Trinajstić information content (AvgIpc) is 2.82. The number of benzene rings is 1. The van der Waals surface area contributed by atoms with Gasteiger partial charge in [0.2, 0.25) is 0 Å². The Hall–Kier alpha value is -1.02. The molecule has 1 unspecified atom stereocenters. The van der Waals surface area contributed by atoms with Gasteiger partial charge in [0.25, 0.3) is 0 Å². The predicted octanol–water partition coefficient (Wildman–Crippen LogP) is 3.17. The molecule has 1 heterocycles. The van der Waals surface area contributed by atoms with Crippen LogP contribution in [0.3, 0.4) is 0 Å². The quantitative estimate of drug-likeness (QED) is 0.875. The summed E-state index contributed by atoms with van der Waals surface area (Å²) in [5.74, 6) is 0. The normalized spacial score (nSPS) is 25.4. The largest absolute Gasteiger partial charge is 0.372 e. The molecule has 1 aromatic rings. The second kappa shape index (κ2) is 4.58. The minimum atomic E-state index is 0.523. The van der Waals surface area contributed by atoms with Gasteiger partial charge in [-0.15, -0.1) is 0 Å². The maximum absolute atomic E-state index is 3.64. The minimum Gasteiger partial charge on any atom is -0.372 e. The van der Waals surface area contributed by atoms with E-state index in [2.05, 4.69) is 48.3 Å². The average molecular weight is 244 g/mol. The molecule has 98 valence electrons. The van der Waals surface area contributed by atoms with Crippen LogP contribution in [-0.4, -0.2) is 19.1 Å². The maximum Gasteiger partial charge on any atom is 0.0366 e. The first-order valence-corrected chi connectivity index (χ1v) is 7.22. The molecule has 3 rings (SSSR count). The van der Waals surface area contributed by atoms with Crippen LogP contribution in [0.1, 0.15) is 38.7 Å². The van der Waals surface area contributed by atoms with E-state index in [1.54, 1.807) is 0 Å². The molecule has 1 atom stereocenters. The third kappa shape index (κ3) is 2.54. The van der Waals surface area contributed by atoms with Gasteiger partial charge in [-0.1, -0.05) is 26.0 Å². The summed E-state index contributed by atoms with van der Waals surface area (Å²) < 4.78 is 0. The standard InChI is InChI=1S/C16H24N2/c1-16(2)11-15(16)17-12-13-5-7-14(8-6-13)18-9-3-4-10-18/h5-8,15,17H,3-4,9-12H2,1-2H3. The zero-order chi connectivity index (χ0) is 12.6. The Morgan fingerprint density at radius 2 is 1.78 bits per heavy atom. The smallest absolute Gasteiger partial charge is 0.0366 e. The summed E-state index contributed by atoms with van der Waals surface area (Å²) in [5.41, 5.74) is 3.32. The highest BCUT2D eigenvalue weighted by Gasteiger charge is 2.44. The molecule has 2 nitrogen and oxygen atoms in total. The second-order valence-corrected chi connectivity index (χ2v) is 6.49. The molecule has 1 aromatic carbocycles. The Morgan fingerprint density at radius 1 is 1.17 bits per heavy atom. The molecule has 2 aliphatic rings. The van der Waals surface area contributed by atoms with Crippen molar-refractivity contribution in [3.8, 4) is 0 Å². The third-order valence-electron chi connectivity index (χ3n) is 4.47. The Labute approximate surface area is 110 Å². The van der Waals surface area contributed by atoms with Gasteiger partial charge < -0.3 is 10.2 Å². The van der Waals surface area contributed by atoms with Crippen LogP contribution in [0.5, 0.6) is 0 Å². The molecule has 18 heavy (non-hydrogen) atoms. The van der Waals surface area contributed by atoms with Gasteiger partial charge in [-0.25, -0.2) is 0 Å². The van der Waals surface area contributed by atoms with E-state index >= 15 is 0 Å². The highest BCUT2D eigenvalue weighted by Crippen LogP contribution is 2.44. The Morgan fingerprint density at radius 3 is 2.33 bits per heavy atom. The van der Waals surface area contributed by atoms with E-state index in [1.807, 2.05) is 0 Å². The highest BCUT2D eigenvalue weighted by atomic mass is 15.1. The van der Waals surface area contributed by atoms with Gasteiger partial charge >= 0.3 is 0 Å². The van der Waals surface area contributed by atoms with Gasteiger partial charge in [-0.05, 0) is 42.4 Å². The molecule has 1 saturated heterocycles. The Kier molecular flexibility index (Phi) is 3.06. The summed E-state index contributed by atoms with van der Waals surface area (Å²) >= 11 is 0. The zero-order valence-electron chi connectivity index (χ0n) is 11.6. The van der Waals surface area contributed by atoms with E-state index < -0.39 is 0 Å². The lowest BCUT2D eigenvalue weighted by Crippen LogP contribution is -2.20. The molecule has 0 aromatic heterocycles. The molecule has 1 aliphatic heterocycles. The molecule has 1 saturated carbocycles.